The highest BCUT2D eigenvalue weighted by molar-refractivity contribution is 6.31. The van der Waals surface area contributed by atoms with E-state index in [9.17, 15) is 0 Å². The summed E-state index contributed by atoms with van der Waals surface area (Å²) in [5.74, 6) is 1.43. The Labute approximate surface area is 118 Å². The van der Waals surface area contributed by atoms with Crippen molar-refractivity contribution in [2.75, 3.05) is 0 Å². The summed E-state index contributed by atoms with van der Waals surface area (Å²) in [4.78, 5) is 4.29. The van der Waals surface area contributed by atoms with Gasteiger partial charge in [0.1, 0.15) is 12.2 Å². The Bertz CT molecular complexity index is 536. The Morgan fingerprint density at radius 1 is 1.32 bits per heavy atom. The molecule has 1 unspecified atom stereocenters. The molecule has 102 valence electrons. The number of nitrogens with zero attached hydrogens (tertiary/aromatic N) is 3. The summed E-state index contributed by atoms with van der Waals surface area (Å²) in [5, 5.41) is 4.94. The summed E-state index contributed by atoms with van der Waals surface area (Å²) in [6, 6.07) is 7.50. The van der Waals surface area contributed by atoms with E-state index in [2.05, 4.69) is 23.9 Å². The molecule has 0 saturated heterocycles. The first-order chi connectivity index (χ1) is 9.08. The second kappa shape index (κ2) is 6.17. The van der Waals surface area contributed by atoms with Crippen LogP contribution in [-0.4, -0.2) is 14.8 Å². The van der Waals surface area contributed by atoms with E-state index in [1.807, 2.05) is 28.9 Å². The van der Waals surface area contributed by atoms with Crippen LogP contribution in [0.1, 0.15) is 31.3 Å². The van der Waals surface area contributed by atoms with Gasteiger partial charge in [0.25, 0.3) is 0 Å². The molecule has 0 aliphatic heterocycles. The monoisotopic (exact) mass is 278 g/mol. The first kappa shape index (κ1) is 14.0. The summed E-state index contributed by atoms with van der Waals surface area (Å²) in [5.41, 5.74) is 7.17. The number of halogens is 1. The molecule has 0 spiro atoms. The van der Waals surface area contributed by atoms with E-state index >= 15 is 0 Å². The Balaban J connectivity index is 2.13. The van der Waals surface area contributed by atoms with Crippen LogP contribution in [-0.2, 0) is 13.0 Å². The first-order valence-electron chi connectivity index (χ1n) is 6.44. The van der Waals surface area contributed by atoms with Gasteiger partial charge >= 0.3 is 0 Å². The molecule has 0 aliphatic rings. The van der Waals surface area contributed by atoms with Crippen LogP contribution in [0.2, 0.25) is 5.02 Å². The van der Waals surface area contributed by atoms with Crippen molar-refractivity contribution in [3.63, 3.8) is 0 Å². The average Bonchev–Trinajstić information content (AvgIpc) is 2.76. The van der Waals surface area contributed by atoms with Gasteiger partial charge in [-0.2, -0.15) is 5.10 Å². The summed E-state index contributed by atoms with van der Waals surface area (Å²) in [6.45, 7) is 5.16. The van der Waals surface area contributed by atoms with E-state index in [4.69, 9.17) is 17.3 Å². The molecule has 1 heterocycles. The highest BCUT2D eigenvalue weighted by Gasteiger charge is 2.14. The molecule has 0 bridgehead atoms. The highest BCUT2D eigenvalue weighted by Crippen LogP contribution is 2.23. The van der Waals surface area contributed by atoms with Gasteiger partial charge in [-0.1, -0.05) is 43.6 Å². The number of hydrogen-bond acceptors (Lipinski definition) is 3. The molecular formula is C14H19ClN4. The van der Waals surface area contributed by atoms with Crippen LogP contribution in [0.25, 0.3) is 0 Å². The third kappa shape index (κ3) is 3.55. The minimum atomic E-state index is -0.163. The van der Waals surface area contributed by atoms with E-state index in [1.54, 1.807) is 6.33 Å². The van der Waals surface area contributed by atoms with Crippen LogP contribution >= 0.6 is 11.6 Å². The molecule has 0 radical (unpaired) electrons. The normalized spacial score (nSPS) is 12.9. The quantitative estimate of drug-likeness (QED) is 0.915. The maximum Gasteiger partial charge on any atom is 0.138 e. The molecule has 4 nitrogen and oxygen atoms in total. The van der Waals surface area contributed by atoms with Crippen LogP contribution in [0.3, 0.4) is 0 Å². The molecule has 19 heavy (non-hydrogen) atoms. The van der Waals surface area contributed by atoms with Gasteiger partial charge in [0.15, 0.2) is 0 Å². The van der Waals surface area contributed by atoms with Crippen LogP contribution in [0, 0.1) is 5.92 Å². The predicted molar refractivity (Wildman–Crippen MR) is 76.9 cm³/mol. The van der Waals surface area contributed by atoms with Gasteiger partial charge in [-0.15, -0.1) is 0 Å². The lowest BCUT2D eigenvalue weighted by atomic mass is 10.0. The van der Waals surface area contributed by atoms with Crippen molar-refractivity contribution in [1.29, 1.82) is 0 Å². The molecule has 0 saturated carbocycles. The second-order valence-electron chi connectivity index (χ2n) is 5.08. The number of rotatable bonds is 5. The van der Waals surface area contributed by atoms with Gasteiger partial charge in [-0.3, -0.25) is 0 Å². The third-order valence-electron chi connectivity index (χ3n) is 2.94. The number of benzene rings is 1. The number of nitrogens with two attached hydrogens (primary N) is 1. The van der Waals surface area contributed by atoms with E-state index in [0.29, 0.717) is 17.4 Å². The molecule has 0 fully saturated rings. The molecule has 1 atom stereocenters. The zero-order chi connectivity index (χ0) is 13.8. The summed E-state index contributed by atoms with van der Waals surface area (Å²) < 4.78 is 1.92. The zero-order valence-corrected chi connectivity index (χ0v) is 12.0. The van der Waals surface area contributed by atoms with Crippen molar-refractivity contribution in [3.8, 4) is 0 Å². The van der Waals surface area contributed by atoms with Crippen molar-refractivity contribution >= 4 is 11.6 Å². The Kier molecular flexibility index (Phi) is 4.56. The highest BCUT2D eigenvalue weighted by atomic mass is 35.5. The molecule has 1 aromatic heterocycles. The summed E-state index contributed by atoms with van der Waals surface area (Å²) in [6.07, 6.45) is 2.22. The predicted octanol–water partition coefficient (Wildman–Crippen LogP) is 2.83. The van der Waals surface area contributed by atoms with Gasteiger partial charge in [0, 0.05) is 24.0 Å². The molecule has 2 rings (SSSR count). The third-order valence-corrected chi connectivity index (χ3v) is 3.29. The summed E-state index contributed by atoms with van der Waals surface area (Å²) >= 11 is 6.16. The van der Waals surface area contributed by atoms with Gasteiger partial charge < -0.3 is 5.73 Å². The standard InChI is InChI=1S/C14H19ClN4/c1-10(2)8-19-14(17-9-18-19)7-13(16)11-5-3-4-6-12(11)15/h3-6,9-10,13H,7-8,16H2,1-2H3. The molecule has 2 aromatic rings. The van der Waals surface area contributed by atoms with E-state index in [-0.39, 0.29) is 6.04 Å². The van der Waals surface area contributed by atoms with Crippen molar-refractivity contribution in [2.24, 2.45) is 11.7 Å². The van der Waals surface area contributed by atoms with Crippen LogP contribution in [0.4, 0.5) is 0 Å². The molecule has 1 aromatic carbocycles. The Morgan fingerprint density at radius 2 is 2.05 bits per heavy atom. The van der Waals surface area contributed by atoms with Gasteiger partial charge in [0.05, 0.1) is 0 Å². The number of hydrogen-bond donors (Lipinski definition) is 1. The maximum atomic E-state index is 6.22. The largest absolute Gasteiger partial charge is 0.324 e. The average molecular weight is 279 g/mol. The number of aromatic nitrogens is 3. The topological polar surface area (TPSA) is 56.7 Å². The Morgan fingerprint density at radius 3 is 2.74 bits per heavy atom. The molecular weight excluding hydrogens is 260 g/mol. The lowest BCUT2D eigenvalue weighted by molar-refractivity contribution is 0.459. The smallest absolute Gasteiger partial charge is 0.138 e. The summed E-state index contributed by atoms with van der Waals surface area (Å²) in [7, 11) is 0. The second-order valence-corrected chi connectivity index (χ2v) is 5.49. The van der Waals surface area contributed by atoms with Crippen LogP contribution in [0.5, 0.6) is 0 Å². The molecule has 5 heteroatoms. The minimum Gasteiger partial charge on any atom is -0.324 e. The fourth-order valence-corrected chi connectivity index (χ4v) is 2.30. The molecule has 0 amide bonds. The van der Waals surface area contributed by atoms with E-state index in [0.717, 1.165) is 17.9 Å². The lowest BCUT2D eigenvalue weighted by Gasteiger charge is -2.14. The van der Waals surface area contributed by atoms with Crippen molar-refractivity contribution < 1.29 is 0 Å². The maximum absolute atomic E-state index is 6.22. The SMILES string of the molecule is CC(C)Cn1ncnc1CC(N)c1ccccc1Cl. The van der Waals surface area contributed by atoms with Gasteiger partial charge in [-0.05, 0) is 17.5 Å². The van der Waals surface area contributed by atoms with Crippen LogP contribution < -0.4 is 5.73 Å². The first-order valence-corrected chi connectivity index (χ1v) is 6.82. The van der Waals surface area contributed by atoms with Crippen molar-refractivity contribution in [1.82, 2.24) is 14.8 Å². The molecule has 0 aliphatic carbocycles. The minimum absolute atomic E-state index is 0.163. The zero-order valence-electron chi connectivity index (χ0n) is 11.3. The van der Waals surface area contributed by atoms with Crippen molar-refractivity contribution in [2.45, 2.75) is 32.9 Å². The fourth-order valence-electron chi connectivity index (χ4n) is 2.03. The lowest BCUT2D eigenvalue weighted by Crippen LogP contribution is -2.18. The van der Waals surface area contributed by atoms with E-state index in [1.165, 1.54) is 0 Å². The van der Waals surface area contributed by atoms with E-state index < -0.39 is 0 Å². The molecule has 2 N–H and O–H groups in total. The fraction of sp³-hybridized carbons (Fsp3) is 0.429. The van der Waals surface area contributed by atoms with Gasteiger partial charge in [0.2, 0.25) is 0 Å². The van der Waals surface area contributed by atoms with Crippen LogP contribution in [0.15, 0.2) is 30.6 Å². The van der Waals surface area contributed by atoms with Gasteiger partial charge in [-0.25, -0.2) is 9.67 Å². The Hall–Kier alpha value is -1.39. The van der Waals surface area contributed by atoms with Crippen molar-refractivity contribution in [3.05, 3.63) is 47.0 Å².